The fourth-order valence-electron chi connectivity index (χ4n) is 2.04. The van der Waals surface area contributed by atoms with Crippen LogP contribution in [0, 0.1) is 0 Å². The van der Waals surface area contributed by atoms with Gasteiger partial charge in [0.2, 0.25) is 0 Å². The van der Waals surface area contributed by atoms with E-state index in [4.69, 9.17) is 9.84 Å². The Balaban J connectivity index is 2.24. The zero-order valence-electron chi connectivity index (χ0n) is 12.1. The Morgan fingerprint density at radius 1 is 1.48 bits per heavy atom. The second-order valence-electron chi connectivity index (χ2n) is 4.51. The maximum atomic E-state index is 10.7. The van der Waals surface area contributed by atoms with Crippen molar-refractivity contribution in [2.75, 3.05) is 12.9 Å². The molecule has 0 aliphatic heterocycles. The van der Waals surface area contributed by atoms with Gasteiger partial charge in [-0.05, 0) is 24.1 Å². The zero-order chi connectivity index (χ0) is 15.2. The first kappa shape index (κ1) is 15.4. The number of methoxy groups -OCH3 is 1. The number of carbonyl (C=O) groups is 1. The molecule has 0 bridgehead atoms. The van der Waals surface area contributed by atoms with Gasteiger partial charge in [-0.15, -0.1) is 0 Å². The number of hydrogen-bond acceptors (Lipinski definition) is 4. The van der Waals surface area contributed by atoms with E-state index in [1.54, 1.807) is 7.11 Å². The molecule has 0 radical (unpaired) electrons. The van der Waals surface area contributed by atoms with E-state index in [9.17, 15) is 4.79 Å². The molecule has 0 unspecified atom stereocenters. The molecule has 2 aromatic rings. The summed E-state index contributed by atoms with van der Waals surface area (Å²) in [6, 6.07) is 7.84. The largest absolute Gasteiger partial charge is 0.497 e. The van der Waals surface area contributed by atoms with E-state index >= 15 is 0 Å². The summed E-state index contributed by atoms with van der Waals surface area (Å²) in [4.78, 5) is 15.1. The number of aliphatic carboxylic acids is 1. The molecular formula is C15H18N2O3S. The maximum absolute atomic E-state index is 10.7. The number of hydrogen-bond donors (Lipinski definition) is 1. The van der Waals surface area contributed by atoms with Crippen LogP contribution in [0.2, 0.25) is 0 Å². The second kappa shape index (κ2) is 7.17. The van der Waals surface area contributed by atoms with E-state index in [0.29, 0.717) is 6.54 Å². The predicted octanol–water partition coefficient (Wildman–Crippen LogP) is 2.68. The number of aryl methyl sites for hydroxylation is 1. The third-order valence-corrected chi connectivity index (χ3v) is 4.04. The number of carboxylic acid groups (broad SMARTS) is 1. The van der Waals surface area contributed by atoms with Crippen LogP contribution in [0.4, 0.5) is 0 Å². The van der Waals surface area contributed by atoms with Crippen molar-refractivity contribution in [3.05, 3.63) is 41.7 Å². The lowest BCUT2D eigenvalue weighted by Gasteiger charge is -2.11. The Morgan fingerprint density at radius 3 is 2.95 bits per heavy atom. The lowest BCUT2D eigenvalue weighted by molar-refractivity contribution is -0.133. The zero-order valence-corrected chi connectivity index (χ0v) is 12.9. The van der Waals surface area contributed by atoms with Crippen molar-refractivity contribution < 1.29 is 14.6 Å². The van der Waals surface area contributed by atoms with Gasteiger partial charge in [0.05, 0.1) is 12.9 Å². The van der Waals surface area contributed by atoms with Gasteiger partial charge < -0.3 is 14.4 Å². The van der Waals surface area contributed by atoms with Crippen LogP contribution in [-0.2, 0) is 17.8 Å². The van der Waals surface area contributed by atoms with Crippen molar-refractivity contribution in [1.82, 2.24) is 9.55 Å². The lowest BCUT2D eigenvalue weighted by atomic mass is 10.2. The highest BCUT2D eigenvalue weighted by atomic mass is 32.2. The monoisotopic (exact) mass is 306 g/mol. The summed E-state index contributed by atoms with van der Waals surface area (Å²) in [5, 5.41) is 9.55. The summed E-state index contributed by atoms with van der Waals surface area (Å²) >= 11 is 1.24. The fraction of sp³-hybridized carbons (Fsp3) is 0.333. The van der Waals surface area contributed by atoms with Gasteiger partial charge in [-0.2, -0.15) is 0 Å². The molecule has 1 aromatic carbocycles. The van der Waals surface area contributed by atoms with Crippen molar-refractivity contribution in [1.29, 1.82) is 0 Å². The molecule has 0 aliphatic carbocycles. The summed E-state index contributed by atoms with van der Waals surface area (Å²) in [7, 11) is 1.64. The van der Waals surface area contributed by atoms with Crippen LogP contribution in [0.3, 0.4) is 0 Å². The molecule has 1 N–H and O–H groups in total. The molecule has 0 aliphatic rings. The molecule has 1 aromatic heterocycles. The normalized spacial score (nSPS) is 10.6. The molecule has 112 valence electrons. The summed E-state index contributed by atoms with van der Waals surface area (Å²) in [6.07, 6.45) is 2.66. The summed E-state index contributed by atoms with van der Waals surface area (Å²) < 4.78 is 7.29. The van der Waals surface area contributed by atoms with Crippen LogP contribution >= 0.6 is 11.8 Å². The van der Waals surface area contributed by atoms with Gasteiger partial charge in [-0.1, -0.05) is 30.8 Å². The van der Waals surface area contributed by atoms with E-state index < -0.39 is 5.97 Å². The Morgan fingerprint density at radius 2 is 2.29 bits per heavy atom. The van der Waals surface area contributed by atoms with Crippen molar-refractivity contribution in [2.24, 2.45) is 0 Å². The van der Waals surface area contributed by atoms with Crippen molar-refractivity contribution in [3.63, 3.8) is 0 Å². The van der Waals surface area contributed by atoms with Crippen LogP contribution in [0.5, 0.6) is 5.75 Å². The summed E-state index contributed by atoms with van der Waals surface area (Å²) in [5.41, 5.74) is 2.19. The average Bonchev–Trinajstić information content (AvgIpc) is 2.87. The number of aromatic nitrogens is 2. The van der Waals surface area contributed by atoms with Gasteiger partial charge in [0, 0.05) is 18.4 Å². The van der Waals surface area contributed by atoms with Crippen LogP contribution in [0.1, 0.15) is 18.2 Å². The molecule has 21 heavy (non-hydrogen) atoms. The molecule has 0 saturated heterocycles. The first-order valence-electron chi connectivity index (χ1n) is 6.66. The number of thioether (sulfide) groups is 1. The van der Waals surface area contributed by atoms with Gasteiger partial charge in [0.15, 0.2) is 5.16 Å². The van der Waals surface area contributed by atoms with E-state index in [0.717, 1.165) is 28.6 Å². The standard InChI is InChI=1S/C15H18N2O3S/c1-3-12-8-16-15(21-10-14(18)19)17(12)9-11-5-4-6-13(7-11)20-2/h4-8H,3,9-10H2,1-2H3,(H,18,19). The van der Waals surface area contributed by atoms with Gasteiger partial charge in [0.1, 0.15) is 5.75 Å². The Hall–Kier alpha value is -1.95. The van der Waals surface area contributed by atoms with Gasteiger partial charge in [-0.25, -0.2) is 4.98 Å². The topological polar surface area (TPSA) is 64.3 Å². The number of ether oxygens (including phenoxy) is 1. The lowest BCUT2D eigenvalue weighted by Crippen LogP contribution is -2.07. The van der Waals surface area contributed by atoms with Crippen LogP contribution in [-0.4, -0.2) is 33.5 Å². The predicted molar refractivity (Wildman–Crippen MR) is 82.1 cm³/mol. The van der Waals surface area contributed by atoms with Crippen LogP contribution < -0.4 is 4.74 Å². The Kier molecular flexibility index (Phi) is 5.27. The molecule has 0 atom stereocenters. The molecular weight excluding hydrogens is 288 g/mol. The molecule has 1 heterocycles. The minimum absolute atomic E-state index is 0.0122. The SMILES string of the molecule is CCc1cnc(SCC(=O)O)n1Cc1cccc(OC)c1. The quantitative estimate of drug-likeness (QED) is 0.797. The summed E-state index contributed by atoms with van der Waals surface area (Å²) in [6.45, 7) is 2.72. The third kappa shape index (κ3) is 4.01. The van der Waals surface area contributed by atoms with Gasteiger partial charge in [0.25, 0.3) is 0 Å². The number of nitrogens with zero attached hydrogens (tertiary/aromatic N) is 2. The first-order valence-corrected chi connectivity index (χ1v) is 7.64. The molecule has 5 nitrogen and oxygen atoms in total. The Bertz CT molecular complexity index is 625. The van der Waals surface area contributed by atoms with Crippen molar-refractivity contribution >= 4 is 17.7 Å². The maximum Gasteiger partial charge on any atom is 0.313 e. The van der Waals surface area contributed by atoms with Gasteiger partial charge >= 0.3 is 5.97 Å². The highest BCUT2D eigenvalue weighted by Crippen LogP contribution is 2.22. The minimum Gasteiger partial charge on any atom is -0.497 e. The van der Waals surface area contributed by atoms with Crippen molar-refractivity contribution in [2.45, 2.75) is 25.0 Å². The number of benzene rings is 1. The minimum atomic E-state index is -0.839. The third-order valence-electron chi connectivity index (χ3n) is 3.06. The van der Waals surface area contributed by atoms with E-state index in [2.05, 4.69) is 16.5 Å². The molecule has 0 spiro atoms. The number of imidazole rings is 1. The molecule has 2 rings (SSSR count). The second-order valence-corrected chi connectivity index (χ2v) is 5.45. The summed E-state index contributed by atoms with van der Waals surface area (Å²) in [5.74, 6) is -0.0162. The smallest absolute Gasteiger partial charge is 0.313 e. The average molecular weight is 306 g/mol. The van der Waals surface area contributed by atoms with Gasteiger partial charge in [-0.3, -0.25) is 4.79 Å². The Labute approximate surface area is 128 Å². The van der Waals surface area contributed by atoms with E-state index in [1.165, 1.54) is 11.8 Å². The number of carboxylic acids is 1. The fourth-order valence-corrected chi connectivity index (χ4v) is 2.76. The highest BCUT2D eigenvalue weighted by molar-refractivity contribution is 7.99. The van der Waals surface area contributed by atoms with E-state index in [-0.39, 0.29) is 5.75 Å². The molecule has 0 saturated carbocycles. The molecule has 0 fully saturated rings. The molecule has 0 amide bonds. The first-order chi connectivity index (χ1) is 10.1. The number of rotatable bonds is 7. The highest BCUT2D eigenvalue weighted by Gasteiger charge is 2.11. The molecule has 6 heteroatoms. The van der Waals surface area contributed by atoms with E-state index in [1.807, 2.05) is 30.5 Å². The van der Waals surface area contributed by atoms with Crippen LogP contribution in [0.25, 0.3) is 0 Å². The van der Waals surface area contributed by atoms with Crippen molar-refractivity contribution in [3.8, 4) is 5.75 Å². The van der Waals surface area contributed by atoms with Crippen LogP contribution in [0.15, 0.2) is 35.6 Å².